The van der Waals surface area contributed by atoms with Gasteiger partial charge in [-0.05, 0) is 51.4 Å². The third-order valence-corrected chi connectivity index (χ3v) is 3.89. The molecule has 0 saturated heterocycles. The van der Waals surface area contributed by atoms with Crippen molar-refractivity contribution in [1.29, 1.82) is 0 Å². The first-order chi connectivity index (χ1) is 8.70. The van der Waals surface area contributed by atoms with E-state index in [4.69, 9.17) is 4.42 Å². The molecule has 1 fully saturated rings. The van der Waals surface area contributed by atoms with E-state index in [1.165, 1.54) is 24.8 Å². The van der Waals surface area contributed by atoms with Crippen LogP contribution in [0.2, 0.25) is 0 Å². The lowest BCUT2D eigenvalue weighted by molar-refractivity contribution is 0.142. The van der Waals surface area contributed by atoms with Gasteiger partial charge in [0, 0.05) is 6.04 Å². The van der Waals surface area contributed by atoms with E-state index in [0.29, 0.717) is 0 Å². The highest BCUT2D eigenvalue weighted by Gasteiger charge is 2.22. The number of aryl methyl sites for hydroxylation is 1. The maximum atomic E-state index is 5.95. The Hall–Kier alpha value is -0.800. The van der Waals surface area contributed by atoms with Crippen LogP contribution in [0, 0.1) is 6.92 Å². The molecule has 1 heterocycles. The smallest absolute Gasteiger partial charge is 0.120 e. The summed E-state index contributed by atoms with van der Waals surface area (Å²) >= 11 is 0. The van der Waals surface area contributed by atoms with Gasteiger partial charge in [0.05, 0.1) is 13.1 Å². The van der Waals surface area contributed by atoms with E-state index < -0.39 is 0 Å². The zero-order chi connectivity index (χ0) is 13.0. The summed E-state index contributed by atoms with van der Waals surface area (Å²) in [5.74, 6) is 2.20. The Morgan fingerprint density at radius 3 is 2.83 bits per heavy atom. The van der Waals surface area contributed by atoms with E-state index in [1.54, 1.807) is 0 Å². The first-order valence-electron chi connectivity index (χ1n) is 7.20. The number of hydrogen-bond acceptors (Lipinski definition) is 3. The van der Waals surface area contributed by atoms with Gasteiger partial charge in [-0.2, -0.15) is 0 Å². The molecule has 0 spiro atoms. The quantitative estimate of drug-likeness (QED) is 0.754. The third kappa shape index (κ3) is 3.36. The van der Waals surface area contributed by atoms with Crippen LogP contribution in [0.5, 0.6) is 0 Å². The molecule has 1 aromatic heterocycles. The molecule has 0 atom stereocenters. The molecule has 3 nitrogen and oxygen atoms in total. The van der Waals surface area contributed by atoms with Gasteiger partial charge < -0.3 is 9.73 Å². The first-order valence-corrected chi connectivity index (χ1v) is 7.20. The van der Waals surface area contributed by atoms with Gasteiger partial charge in [-0.3, -0.25) is 4.90 Å². The van der Waals surface area contributed by atoms with Crippen LogP contribution in [0.15, 0.2) is 10.5 Å². The number of rotatable bonds is 7. The predicted octanol–water partition coefficient (Wildman–Crippen LogP) is 3.07. The van der Waals surface area contributed by atoms with Gasteiger partial charge in [0.2, 0.25) is 0 Å². The minimum absolute atomic E-state index is 0.775. The average molecular weight is 250 g/mol. The Labute approximate surface area is 111 Å². The normalized spacial score (nSPS) is 16.2. The number of nitrogens with zero attached hydrogens (tertiary/aromatic N) is 1. The fourth-order valence-corrected chi connectivity index (χ4v) is 2.42. The standard InChI is InChI=1S/C15H26N2O/c1-4-8-16-10-15-12(2)9-14(18-15)11-17(3)13-6-5-7-13/h9,13,16H,4-8,10-11H2,1-3H3. The Bertz CT molecular complexity index is 369. The predicted molar refractivity (Wildman–Crippen MR) is 74.5 cm³/mol. The lowest BCUT2D eigenvalue weighted by atomic mass is 9.92. The molecule has 18 heavy (non-hydrogen) atoms. The van der Waals surface area contributed by atoms with Gasteiger partial charge >= 0.3 is 0 Å². The molecule has 1 aliphatic rings. The molecule has 0 aliphatic heterocycles. The fourth-order valence-electron chi connectivity index (χ4n) is 2.42. The number of furan rings is 1. The van der Waals surface area contributed by atoms with Crippen LogP contribution in [0.3, 0.4) is 0 Å². The van der Waals surface area contributed by atoms with Crippen molar-refractivity contribution >= 4 is 0 Å². The Morgan fingerprint density at radius 1 is 1.44 bits per heavy atom. The molecular weight excluding hydrogens is 224 g/mol. The summed E-state index contributed by atoms with van der Waals surface area (Å²) in [5, 5.41) is 3.40. The van der Waals surface area contributed by atoms with Gasteiger partial charge in [0.15, 0.2) is 0 Å². The largest absolute Gasteiger partial charge is 0.463 e. The monoisotopic (exact) mass is 250 g/mol. The van der Waals surface area contributed by atoms with Crippen LogP contribution in [0.4, 0.5) is 0 Å². The fraction of sp³-hybridized carbons (Fsp3) is 0.733. The van der Waals surface area contributed by atoms with Crippen LogP contribution in [0.25, 0.3) is 0 Å². The van der Waals surface area contributed by atoms with Crippen molar-refractivity contribution in [2.45, 2.75) is 58.7 Å². The second-order valence-electron chi connectivity index (χ2n) is 5.50. The molecule has 1 aromatic rings. The maximum absolute atomic E-state index is 5.95. The molecule has 2 rings (SSSR count). The third-order valence-electron chi connectivity index (χ3n) is 3.89. The van der Waals surface area contributed by atoms with Crippen LogP contribution in [-0.2, 0) is 13.1 Å². The summed E-state index contributed by atoms with van der Waals surface area (Å²) < 4.78 is 5.95. The van der Waals surface area contributed by atoms with Gasteiger partial charge in [-0.1, -0.05) is 13.3 Å². The molecule has 0 radical (unpaired) electrons. The summed E-state index contributed by atoms with van der Waals surface area (Å²) in [6, 6.07) is 2.97. The van der Waals surface area contributed by atoms with Gasteiger partial charge in [0.25, 0.3) is 0 Å². The second kappa shape index (κ2) is 6.39. The molecule has 0 aromatic carbocycles. The molecule has 0 amide bonds. The van der Waals surface area contributed by atoms with Crippen LogP contribution >= 0.6 is 0 Å². The van der Waals surface area contributed by atoms with E-state index in [-0.39, 0.29) is 0 Å². The van der Waals surface area contributed by atoms with E-state index in [1.807, 2.05) is 0 Å². The second-order valence-corrected chi connectivity index (χ2v) is 5.50. The van der Waals surface area contributed by atoms with Gasteiger partial charge in [-0.15, -0.1) is 0 Å². The first kappa shape index (κ1) is 13.6. The summed E-state index contributed by atoms with van der Waals surface area (Å²) in [7, 11) is 2.21. The van der Waals surface area contributed by atoms with Crippen LogP contribution in [0.1, 0.15) is 49.7 Å². The summed E-state index contributed by atoms with van der Waals surface area (Å²) in [5.41, 5.74) is 1.27. The van der Waals surface area contributed by atoms with E-state index in [0.717, 1.165) is 43.6 Å². The van der Waals surface area contributed by atoms with E-state index in [9.17, 15) is 0 Å². The minimum atomic E-state index is 0.775. The maximum Gasteiger partial charge on any atom is 0.120 e. The Kier molecular flexibility index (Phi) is 4.84. The molecule has 1 N–H and O–H groups in total. The number of nitrogens with one attached hydrogen (secondary N) is 1. The summed E-state index contributed by atoms with van der Waals surface area (Å²) in [6.07, 6.45) is 5.25. The highest BCUT2D eigenvalue weighted by Crippen LogP contribution is 2.25. The highest BCUT2D eigenvalue weighted by atomic mass is 16.3. The van der Waals surface area contributed by atoms with Crippen molar-refractivity contribution in [2.75, 3.05) is 13.6 Å². The SMILES string of the molecule is CCCNCc1oc(CN(C)C2CCC2)cc1C. The molecule has 1 saturated carbocycles. The number of hydrogen-bond donors (Lipinski definition) is 1. The molecule has 1 aliphatic carbocycles. The Morgan fingerprint density at radius 2 is 2.22 bits per heavy atom. The van der Waals surface area contributed by atoms with Gasteiger partial charge in [0.1, 0.15) is 11.5 Å². The molecule has 3 heteroatoms. The lowest BCUT2D eigenvalue weighted by Crippen LogP contribution is -2.36. The molecular formula is C15H26N2O. The topological polar surface area (TPSA) is 28.4 Å². The van der Waals surface area contributed by atoms with Crippen molar-refractivity contribution in [3.63, 3.8) is 0 Å². The molecule has 102 valence electrons. The van der Waals surface area contributed by atoms with Crippen LogP contribution in [-0.4, -0.2) is 24.5 Å². The van der Waals surface area contributed by atoms with Crippen molar-refractivity contribution < 1.29 is 4.42 Å². The van der Waals surface area contributed by atoms with E-state index >= 15 is 0 Å². The van der Waals surface area contributed by atoms with Crippen molar-refractivity contribution in [1.82, 2.24) is 10.2 Å². The molecule has 0 unspecified atom stereocenters. The highest BCUT2D eigenvalue weighted by molar-refractivity contribution is 5.20. The van der Waals surface area contributed by atoms with Crippen molar-refractivity contribution in [2.24, 2.45) is 0 Å². The van der Waals surface area contributed by atoms with E-state index in [2.05, 4.69) is 37.2 Å². The summed E-state index contributed by atoms with van der Waals surface area (Å²) in [4.78, 5) is 2.42. The zero-order valence-corrected chi connectivity index (χ0v) is 12.0. The van der Waals surface area contributed by atoms with Gasteiger partial charge in [-0.25, -0.2) is 0 Å². The molecule has 0 bridgehead atoms. The van der Waals surface area contributed by atoms with Crippen molar-refractivity contribution in [3.05, 3.63) is 23.2 Å². The van der Waals surface area contributed by atoms with Crippen molar-refractivity contribution in [3.8, 4) is 0 Å². The zero-order valence-electron chi connectivity index (χ0n) is 12.0. The summed E-state index contributed by atoms with van der Waals surface area (Å²) in [6.45, 7) is 7.17. The average Bonchev–Trinajstić information content (AvgIpc) is 2.57. The van der Waals surface area contributed by atoms with Crippen LogP contribution < -0.4 is 5.32 Å². The lowest BCUT2D eigenvalue weighted by Gasteiger charge is -2.34. The Balaban J connectivity index is 1.86. The minimum Gasteiger partial charge on any atom is -0.463 e.